The van der Waals surface area contributed by atoms with Gasteiger partial charge in [0.1, 0.15) is 6.61 Å². The molecule has 1 aromatic rings. The van der Waals surface area contributed by atoms with Crippen LogP contribution in [0.1, 0.15) is 31.4 Å². The van der Waals surface area contributed by atoms with Crippen LogP contribution in [0, 0.1) is 5.92 Å². The number of carbonyl (C=O) groups excluding carboxylic acids is 2. The van der Waals surface area contributed by atoms with Gasteiger partial charge in [-0.15, -0.1) is 0 Å². The zero-order valence-corrected chi connectivity index (χ0v) is 12.8. The monoisotopic (exact) mass is 323 g/mol. The van der Waals surface area contributed by atoms with Crippen LogP contribution < -0.4 is 5.32 Å². The van der Waals surface area contributed by atoms with E-state index in [1.165, 1.54) is 12.2 Å². The Labute approximate surface area is 133 Å². The van der Waals surface area contributed by atoms with E-state index in [4.69, 9.17) is 4.74 Å². The van der Waals surface area contributed by atoms with Crippen LogP contribution in [-0.4, -0.2) is 24.4 Å². The lowest BCUT2D eigenvalue weighted by molar-refractivity contribution is -0.152. The predicted molar refractivity (Wildman–Crippen MR) is 80.8 cm³/mol. The maximum Gasteiger partial charge on any atom is 0.327 e. The summed E-state index contributed by atoms with van der Waals surface area (Å²) in [6.07, 6.45) is 2.31. The molecule has 6 heteroatoms. The van der Waals surface area contributed by atoms with E-state index >= 15 is 0 Å². The number of rotatable bonds is 1. The maximum atomic E-state index is 13.9. The van der Waals surface area contributed by atoms with Crippen LogP contribution in [0.5, 0.6) is 0 Å². The van der Waals surface area contributed by atoms with Crippen molar-refractivity contribution in [3.05, 3.63) is 48.0 Å². The molecule has 2 rings (SSSR count). The number of ether oxygens (including phenoxy) is 1. The fourth-order valence-corrected chi connectivity index (χ4v) is 2.20. The first-order valence-electron chi connectivity index (χ1n) is 7.45. The molecule has 0 saturated carbocycles. The molecule has 1 aromatic carbocycles. The minimum absolute atomic E-state index is 0.182. The number of carbonyl (C=O) groups is 2. The molecule has 1 heterocycles. The average Bonchev–Trinajstić information content (AvgIpc) is 2.54. The van der Waals surface area contributed by atoms with Gasteiger partial charge in [-0.1, -0.05) is 49.4 Å². The Morgan fingerprint density at radius 3 is 2.57 bits per heavy atom. The van der Waals surface area contributed by atoms with Gasteiger partial charge in [-0.05, 0) is 12.0 Å². The molecule has 0 bridgehead atoms. The topological polar surface area (TPSA) is 55.4 Å². The Morgan fingerprint density at radius 1 is 1.17 bits per heavy atom. The molecule has 1 aliphatic heterocycles. The summed E-state index contributed by atoms with van der Waals surface area (Å²) < 4.78 is 32.9. The van der Waals surface area contributed by atoms with Crippen LogP contribution in [0.4, 0.5) is 8.78 Å². The molecule has 0 fully saturated rings. The minimum Gasteiger partial charge on any atom is -0.463 e. The van der Waals surface area contributed by atoms with E-state index in [1.807, 2.05) is 0 Å². The lowest BCUT2D eigenvalue weighted by Crippen LogP contribution is -2.43. The highest BCUT2D eigenvalue weighted by Crippen LogP contribution is 2.23. The fraction of sp³-hybridized carbons (Fsp3) is 0.412. The molecule has 23 heavy (non-hydrogen) atoms. The van der Waals surface area contributed by atoms with E-state index in [1.54, 1.807) is 37.3 Å². The predicted octanol–water partition coefficient (Wildman–Crippen LogP) is 3.01. The Balaban J connectivity index is 2.26. The summed E-state index contributed by atoms with van der Waals surface area (Å²) in [6.45, 7) is 1.49. The summed E-state index contributed by atoms with van der Waals surface area (Å²) in [5, 5.41) is 2.28. The smallest absolute Gasteiger partial charge is 0.327 e. The zero-order chi connectivity index (χ0) is 16.9. The normalized spacial score (nSPS) is 27.1. The number of hydrogen-bond acceptors (Lipinski definition) is 3. The lowest BCUT2D eigenvalue weighted by atomic mass is 10.0. The number of amides is 1. The van der Waals surface area contributed by atoms with Gasteiger partial charge in [-0.25, -0.2) is 0 Å². The van der Waals surface area contributed by atoms with Gasteiger partial charge in [-0.3, -0.25) is 9.59 Å². The molecule has 124 valence electrons. The third kappa shape index (κ3) is 4.61. The summed E-state index contributed by atoms with van der Waals surface area (Å²) >= 11 is 0. The van der Waals surface area contributed by atoms with Crippen molar-refractivity contribution in [3.63, 3.8) is 0 Å². The zero-order valence-electron chi connectivity index (χ0n) is 12.8. The number of cyclic esters (lactones) is 1. The Bertz CT molecular complexity index is 587. The first kappa shape index (κ1) is 17.1. The van der Waals surface area contributed by atoms with Crippen molar-refractivity contribution in [2.24, 2.45) is 5.92 Å². The minimum atomic E-state index is -3.50. The summed E-state index contributed by atoms with van der Waals surface area (Å²) in [4.78, 5) is 23.7. The van der Waals surface area contributed by atoms with E-state index in [0.29, 0.717) is 12.0 Å². The standard InChI is InChI=1S/C17H19F2NO3/c1-12-7-5-6-10-17(18,19)16(22)20-14(11-23-15(12)21)13-8-3-2-4-9-13/h2-6,8-9,12,14H,7,10-11H2,1H3,(H,20,22)/b6-5+/t12-,14?/m1/s1. The van der Waals surface area contributed by atoms with E-state index < -0.39 is 36.2 Å². The molecule has 0 aromatic heterocycles. The van der Waals surface area contributed by atoms with Crippen LogP contribution in [0.2, 0.25) is 0 Å². The Kier molecular flexibility index (Phi) is 5.47. The molecule has 1 N–H and O–H groups in total. The second-order valence-electron chi connectivity index (χ2n) is 5.58. The first-order chi connectivity index (χ1) is 10.9. The highest BCUT2D eigenvalue weighted by atomic mass is 19.3. The number of esters is 1. The molecule has 2 atom stereocenters. The SMILES string of the molecule is C[C@@H]1C/C=C/CC(F)(F)C(=O)NC(c2ccccc2)COC1=O. The van der Waals surface area contributed by atoms with Gasteiger partial charge in [0.2, 0.25) is 0 Å². The van der Waals surface area contributed by atoms with E-state index in [0.717, 1.165) is 0 Å². The molecule has 0 spiro atoms. The molecule has 1 amide bonds. The largest absolute Gasteiger partial charge is 0.463 e. The number of alkyl halides is 2. The van der Waals surface area contributed by atoms with Gasteiger partial charge in [0.25, 0.3) is 5.91 Å². The molecule has 0 saturated heterocycles. The van der Waals surface area contributed by atoms with Crippen molar-refractivity contribution in [2.75, 3.05) is 6.61 Å². The van der Waals surface area contributed by atoms with Crippen molar-refractivity contribution >= 4 is 11.9 Å². The van der Waals surface area contributed by atoms with Crippen LogP contribution in [0.15, 0.2) is 42.5 Å². The number of nitrogens with one attached hydrogen (secondary N) is 1. The molecule has 0 radical (unpaired) electrons. The molecule has 4 nitrogen and oxygen atoms in total. The molecule has 1 unspecified atom stereocenters. The van der Waals surface area contributed by atoms with Gasteiger partial charge >= 0.3 is 11.9 Å². The molecule has 0 aliphatic carbocycles. The third-order valence-corrected chi connectivity index (χ3v) is 3.66. The second-order valence-corrected chi connectivity index (χ2v) is 5.58. The van der Waals surface area contributed by atoms with E-state index in [2.05, 4.69) is 5.32 Å². The fourth-order valence-electron chi connectivity index (χ4n) is 2.20. The second kappa shape index (κ2) is 7.35. The average molecular weight is 323 g/mol. The molecular formula is C17H19F2NO3. The number of allylic oxidation sites excluding steroid dienone is 2. The van der Waals surface area contributed by atoms with Crippen LogP contribution >= 0.6 is 0 Å². The maximum absolute atomic E-state index is 13.9. The van der Waals surface area contributed by atoms with E-state index in [-0.39, 0.29) is 6.61 Å². The highest BCUT2D eigenvalue weighted by molar-refractivity contribution is 5.84. The van der Waals surface area contributed by atoms with Crippen molar-refractivity contribution in [3.8, 4) is 0 Å². The summed E-state index contributed by atoms with van der Waals surface area (Å²) in [7, 11) is 0. The first-order valence-corrected chi connectivity index (χ1v) is 7.45. The van der Waals surface area contributed by atoms with Crippen molar-refractivity contribution in [1.29, 1.82) is 0 Å². The number of halogens is 2. The summed E-state index contributed by atoms with van der Waals surface area (Å²) in [6, 6.07) is 7.78. The third-order valence-electron chi connectivity index (χ3n) is 3.66. The van der Waals surface area contributed by atoms with Crippen molar-refractivity contribution in [1.82, 2.24) is 5.32 Å². The quantitative estimate of drug-likeness (QED) is 0.638. The summed E-state index contributed by atoms with van der Waals surface area (Å²) in [5.74, 6) is -5.72. The van der Waals surface area contributed by atoms with Gasteiger partial charge in [0.05, 0.1) is 12.0 Å². The van der Waals surface area contributed by atoms with Crippen LogP contribution in [-0.2, 0) is 14.3 Å². The lowest BCUT2D eigenvalue weighted by Gasteiger charge is -2.23. The van der Waals surface area contributed by atoms with Gasteiger partial charge < -0.3 is 10.1 Å². The van der Waals surface area contributed by atoms with Gasteiger partial charge in [0, 0.05) is 6.42 Å². The molecular weight excluding hydrogens is 304 g/mol. The Hall–Kier alpha value is -2.24. The van der Waals surface area contributed by atoms with Gasteiger partial charge in [0.15, 0.2) is 0 Å². The van der Waals surface area contributed by atoms with Crippen molar-refractivity contribution < 1.29 is 23.1 Å². The number of benzene rings is 1. The van der Waals surface area contributed by atoms with Crippen LogP contribution in [0.3, 0.4) is 0 Å². The van der Waals surface area contributed by atoms with E-state index in [9.17, 15) is 18.4 Å². The summed E-state index contributed by atoms with van der Waals surface area (Å²) in [5.41, 5.74) is 0.602. The number of hydrogen-bond donors (Lipinski definition) is 1. The van der Waals surface area contributed by atoms with Gasteiger partial charge in [-0.2, -0.15) is 8.78 Å². The molecule has 1 aliphatic rings. The Morgan fingerprint density at radius 2 is 1.87 bits per heavy atom. The van der Waals surface area contributed by atoms with Crippen LogP contribution in [0.25, 0.3) is 0 Å². The van der Waals surface area contributed by atoms with Crippen molar-refractivity contribution in [2.45, 2.75) is 31.7 Å². The highest BCUT2D eigenvalue weighted by Gasteiger charge is 2.39.